The third kappa shape index (κ3) is 3.18. The summed E-state index contributed by atoms with van der Waals surface area (Å²) in [6, 6.07) is 12.8. The molecule has 0 radical (unpaired) electrons. The Bertz CT molecular complexity index is 603. The smallest absolute Gasteiger partial charge is 0.256 e. The van der Waals surface area contributed by atoms with Gasteiger partial charge in [-0.15, -0.1) is 0 Å². The number of benzene rings is 2. The fraction of sp³-hybridized carbons (Fsp3) is 0.235. The van der Waals surface area contributed by atoms with Crippen molar-refractivity contribution in [1.82, 2.24) is 0 Å². The molecule has 20 heavy (non-hydrogen) atoms. The number of hydrogen-bond acceptors (Lipinski definition) is 2. The molecule has 3 heteroatoms. The molecular weight excluding hydrogens is 250 g/mol. The second kappa shape index (κ2) is 6.24. The van der Waals surface area contributed by atoms with E-state index in [0.29, 0.717) is 11.1 Å². The fourth-order valence-electron chi connectivity index (χ4n) is 2.11. The Kier molecular flexibility index (Phi) is 4.41. The Morgan fingerprint density at radius 3 is 2.50 bits per heavy atom. The second-order valence-electron chi connectivity index (χ2n) is 4.85. The number of aromatic hydroxyl groups is 1. The average molecular weight is 269 g/mol. The highest BCUT2D eigenvalue weighted by atomic mass is 16.3. The van der Waals surface area contributed by atoms with Crippen LogP contribution >= 0.6 is 0 Å². The predicted octanol–water partition coefficient (Wildman–Crippen LogP) is 3.91. The van der Waals surface area contributed by atoms with Crippen LogP contribution in [-0.4, -0.2) is 11.0 Å². The number of phenols is 1. The van der Waals surface area contributed by atoms with Crippen LogP contribution in [0.15, 0.2) is 42.5 Å². The van der Waals surface area contributed by atoms with Gasteiger partial charge < -0.3 is 10.4 Å². The summed E-state index contributed by atoms with van der Waals surface area (Å²) >= 11 is 0. The highest BCUT2D eigenvalue weighted by molar-refractivity contribution is 6.05. The summed E-state index contributed by atoms with van der Waals surface area (Å²) in [6.07, 6.45) is 2.15. The SMILES string of the molecule is CCCc1ccc(NC(=O)c2cccc(O)c2C)cc1. The number of amides is 1. The van der Waals surface area contributed by atoms with Crippen molar-refractivity contribution in [3.63, 3.8) is 0 Å². The maximum Gasteiger partial charge on any atom is 0.256 e. The van der Waals surface area contributed by atoms with Crippen molar-refractivity contribution >= 4 is 11.6 Å². The van der Waals surface area contributed by atoms with Crippen LogP contribution in [0.3, 0.4) is 0 Å². The lowest BCUT2D eigenvalue weighted by atomic mass is 10.1. The number of carbonyl (C=O) groups excluding carboxylic acids is 1. The molecular formula is C17H19NO2. The summed E-state index contributed by atoms with van der Waals surface area (Å²) in [5.41, 5.74) is 3.10. The van der Waals surface area contributed by atoms with Crippen LogP contribution in [0.5, 0.6) is 5.75 Å². The van der Waals surface area contributed by atoms with Crippen molar-refractivity contribution in [2.45, 2.75) is 26.7 Å². The lowest BCUT2D eigenvalue weighted by molar-refractivity contribution is 0.102. The van der Waals surface area contributed by atoms with Crippen molar-refractivity contribution in [3.8, 4) is 5.75 Å². The first kappa shape index (κ1) is 14.1. The third-order valence-electron chi connectivity index (χ3n) is 3.30. The largest absolute Gasteiger partial charge is 0.508 e. The maximum absolute atomic E-state index is 12.2. The van der Waals surface area contributed by atoms with Crippen molar-refractivity contribution in [2.24, 2.45) is 0 Å². The van der Waals surface area contributed by atoms with Crippen LogP contribution in [0.4, 0.5) is 5.69 Å². The van der Waals surface area contributed by atoms with Gasteiger partial charge >= 0.3 is 0 Å². The van der Waals surface area contributed by atoms with Crippen molar-refractivity contribution in [1.29, 1.82) is 0 Å². The summed E-state index contributed by atoms with van der Waals surface area (Å²) in [6.45, 7) is 3.87. The van der Waals surface area contributed by atoms with Gasteiger partial charge in [0.15, 0.2) is 0 Å². The molecule has 0 bridgehead atoms. The molecule has 0 aliphatic rings. The quantitative estimate of drug-likeness (QED) is 0.884. The molecule has 0 heterocycles. The Morgan fingerprint density at radius 2 is 1.85 bits per heavy atom. The van der Waals surface area contributed by atoms with E-state index in [-0.39, 0.29) is 11.7 Å². The lowest BCUT2D eigenvalue weighted by Crippen LogP contribution is -2.13. The number of phenolic OH excluding ortho intramolecular Hbond substituents is 1. The maximum atomic E-state index is 12.2. The number of rotatable bonds is 4. The number of anilines is 1. The van der Waals surface area contributed by atoms with E-state index in [4.69, 9.17) is 0 Å². The molecule has 3 nitrogen and oxygen atoms in total. The second-order valence-corrected chi connectivity index (χ2v) is 4.85. The van der Waals surface area contributed by atoms with Crippen LogP contribution in [-0.2, 0) is 6.42 Å². The summed E-state index contributed by atoms with van der Waals surface area (Å²) in [7, 11) is 0. The zero-order chi connectivity index (χ0) is 14.5. The minimum absolute atomic E-state index is 0.135. The Balaban J connectivity index is 2.13. The molecule has 0 aromatic heterocycles. The molecule has 2 aromatic rings. The highest BCUT2D eigenvalue weighted by Gasteiger charge is 2.11. The molecule has 0 aliphatic carbocycles. The number of hydrogen-bond donors (Lipinski definition) is 2. The van der Waals surface area contributed by atoms with E-state index < -0.39 is 0 Å². The summed E-state index contributed by atoms with van der Waals surface area (Å²) in [5, 5.41) is 12.5. The van der Waals surface area contributed by atoms with Gasteiger partial charge in [-0.25, -0.2) is 0 Å². The van der Waals surface area contributed by atoms with Gasteiger partial charge in [-0.2, -0.15) is 0 Å². The minimum atomic E-state index is -0.207. The van der Waals surface area contributed by atoms with E-state index in [1.165, 1.54) is 5.56 Å². The molecule has 0 aliphatic heterocycles. The fourth-order valence-corrected chi connectivity index (χ4v) is 2.11. The topological polar surface area (TPSA) is 49.3 Å². The van der Waals surface area contributed by atoms with E-state index in [1.807, 2.05) is 24.3 Å². The van der Waals surface area contributed by atoms with E-state index >= 15 is 0 Å². The summed E-state index contributed by atoms with van der Waals surface area (Å²) in [5.74, 6) is -0.0717. The van der Waals surface area contributed by atoms with Crippen LogP contribution in [0.2, 0.25) is 0 Å². The van der Waals surface area contributed by atoms with E-state index in [0.717, 1.165) is 18.5 Å². The van der Waals surface area contributed by atoms with Crippen LogP contribution in [0.1, 0.15) is 34.8 Å². The highest BCUT2D eigenvalue weighted by Crippen LogP contribution is 2.21. The zero-order valence-corrected chi connectivity index (χ0v) is 11.8. The predicted molar refractivity (Wildman–Crippen MR) is 81.2 cm³/mol. The lowest BCUT2D eigenvalue weighted by Gasteiger charge is -2.09. The first-order valence-corrected chi connectivity index (χ1v) is 6.80. The normalized spacial score (nSPS) is 10.3. The van der Waals surface area contributed by atoms with Crippen LogP contribution in [0.25, 0.3) is 0 Å². The summed E-state index contributed by atoms with van der Waals surface area (Å²) in [4.78, 5) is 12.2. The Morgan fingerprint density at radius 1 is 1.15 bits per heavy atom. The van der Waals surface area contributed by atoms with Gasteiger partial charge in [0.2, 0.25) is 0 Å². The molecule has 2 N–H and O–H groups in total. The van der Waals surface area contributed by atoms with Gasteiger partial charge in [-0.1, -0.05) is 31.5 Å². The Hall–Kier alpha value is -2.29. The van der Waals surface area contributed by atoms with E-state index in [9.17, 15) is 9.90 Å². The molecule has 0 saturated heterocycles. The number of aryl methyl sites for hydroxylation is 1. The van der Waals surface area contributed by atoms with Gasteiger partial charge in [0.05, 0.1) is 0 Å². The van der Waals surface area contributed by atoms with Crippen molar-refractivity contribution in [3.05, 3.63) is 59.2 Å². The molecule has 0 atom stereocenters. The average Bonchev–Trinajstić information content (AvgIpc) is 2.44. The molecule has 0 fully saturated rings. The first-order chi connectivity index (χ1) is 9.61. The molecule has 0 spiro atoms. The van der Waals surface area contributed by atoms with Crippen molar-refractivity contribution < 1.29 is 9.90 Å². The van der Waals surface area contributed by atoms with Gasteiger partial charge in [0, 0.05) is 16.8 Å². The number of carbonyl (C=O) groups is 1. The van der Waals surface area contributed by atoms with Gasteiger partial charge in [0.25, 0.3) is 5.91 Å². The molecule has 0 unspecified atom stereocenters. The molecule has 1 amide bonds. The zero-order valence-electron chi connectivity index (χ0n) is 11.8. The third-order valence-corrected chi connectivity index (χ3v) is 3.30. The molecule has 104 valence electrons. The standard InChI is InChI=1S/C17H19NO2/c1-3-5-13-8-10-14(11-9-13)18-17(20)15-6-4-7-16(19)12(15)2/h4,6-11,19H,3,5H2,1-2H3,(H,18,20). The van der Waals surface area contributed by atoms with Crippen LogP contribution < -0.4 is 5.32 Å². The Labute approximate surface area is 119 Å². The van der Waals surface area contributed by atoms with Gasteiger partial charge in [-0.3, -0.25) is 4.79 Å². The van der Waals surface area contributed by atoms with E-state index in [1.54, 1.807) is 25.1 Å². The summed E-state index contributed by atoms with van der Waals surface area (Å²) < 4.78 is 0. The molecule has 0 saturated carbocycles. The monoisotopic (exact) mass is 269 g/mol. The number of nitrogens with one attached hydrogen (secondary N) is 1. The van der Waals surface area contributed by atoms with Gasteiger partial charge in [-0.05, 0) is 43.2 Å². The first-order valence-electron chi connectivity index (χ1n) is 6.80. The van der Waals surface area contributed by atoms with Crippen molar-refractivity contribution in [2.75, 3.05) is 5.32 Å². The van der Waals surface area contributed by atoms with E-state index in [2.05, 4.69) is 12.2 Å². The molecule has 2 rings (SSSR count). The minimum Gasteiger partial charge on any atom is -0.508 e. The van der Waals surface area contributed by atoms with Crippen LogP contribution in [0, 0.1) is 6.92 Å². The molecule has 2 aromatic carbocycles. The van der Waals surface area contributed by atoms with Gasteiger partial charge in [0.1, 0.15) is 5.75 Å².